The summed E-state index contributed by atoms with van der Waals surface area (Å²) in [6, 6.07) is 20.9. The molecule has 4 N–H and O–H groups in total. The zero-order chi connectivity index (χ0) is 34.0. The molecule has 0 atom stereocenters. The molecule has 0 saturated heterocycles. The second-order valence-corrected chi connectivity index (χ2v) is 11.9. The minimum Gasteiger partial charge on any atom is -0.508 e. The van der Waals surface area contributed by atoms with Gasteiger partial charge in [-0.2, -0.15) is 0 Å². The van der Waals surface area contributed by atoms with Crippen LogP contribution in [0.15, 0.2) is 76.3 Å². The smallest absolute Gasteiger partial charge is 0.203 e. The van der Waals surface area contributed by atoms with E-state index in [4.69, 9.17) is 14.5 Å². The van der Waals surface area contributed by atoms with Crippen molar-refractivity contribution >= 4 is 33.8 Å². The van der Waals surface area contributed by atoms with E-state index < -0.39 is 0 Å². The average molecular weight is 652 g/mol. The van der Waals surface area contributed by atoms with Crippen molar-refractivity contribution in [3.8, 4) is 23.0 Å². The topological polar surface area (TPSA) is 126 Å². The van der Waals surface area contributed by atoms with E-state index in [9.17, 15) is 10.0 Å². The molecular weight excluding hydrogens is 604 g/mol. The lowest BCUT2D eigenvalue weighted by Gasteiger charge is -2.20. The number of rotatable bonds is 6. The number of hydrogen-bond donors (Lipinski definition) is 4. The maximum Gasteiger partial charge on any atom is 0.203 e. The van der Waals surface area contributed by atoms with Gasteiger partial charge in [-0.3, -0.25) is 0 Å². The van der Waals surface area contributed by atoms with Gasteiger partial charge in [0.2, 0.25) is 5.36 Å². The van der Waals surface area contributed by atoms with Crippen molar-refractivity contribution in [3.63, 3.8) is 0 Å². The summed E-state index contributed by atoms with van der Waals surface area (Å²) in [7, 11) is 0. The van der Waals surface area contributed by atoms with Crippen LogP contribution in [0, 0.1) is 4.91 Å². The number of aromatic hydroxyl groups is 2. The lowest BCUT2D eigenvalue weighted by atomic mass is 10.0. The molecular formula is C38H47N6O4+. The van der Waals surface area contributed by atoms with E-state index in [-0.39, 0.29) is 11.4 Å². The molecule has 252 valence electrons. The third kappa shape index (κ3) is 8.05. The fourth-order valence-corrected chi connectivity index (χ4v) is 6.19. The van der Waals surface area contributed by atoms with Crippen LogP contribution in [-0.4, -0.2) is 54.5 Å². The number of phenols is 2. The fourth-order valence-electron chi connectivity index (χ4n) is 6.19. The highest BCUT2D eigenvalue weighted by molar-refractivity contribution is 5.82. The summed E-state index contributed by atoms with van der Waals surface area (Å²) in [5.41, 5.74) is 8.63. The Morgan fingerprint density at radius 1 is 0.833 bits per heavy atom. The molecule has 10 nitrogen and oxygen atoms in total. The van der Waals surface area contributed by atoms with Gasteiger partial charge in [0.05, 0.1) is 6.07 Å². The van der Waals surface area contributed by atoms with Crippen molar-refractivity contribution in [2.45, 2.75) is 53.4 Å². The summed E-state index contributed by atoms with van der Waals surface area (Å²) in [6.45, 7) is 14.2. The van der Waals surface area contributed by atoms with Gasteiger partial charge >= 0.3 is 0 Å². The zero-order valence-corrected chi connectivity index (χ0v) is 28.4. The van der Waals surface area contributed by atoms with E-state index >= 15 is 0 Å². The molecule has 0 amide bonds. The number of nitrogens with zero attached hydrogens (tertiary/aromatic N) is 4. The standard InChI is InChI=1S/C19H21N3O.C10H14N2O2.C9H11NO/c1-3-22(4-2)14-7-8-15-18(11-14)23-19-12-16-13(6-5-9-20-16)10-17(19)21-15;1-3-12(4-2)8-5-6-9(11-14)10(13)7-8;11-8-4-3-7-2-1-5-10-9(7)6-8/h7-8,10-12H,3-6,9H2,1-2H3;5-7,13H,3-4H2,1-2H3;3-4,6,10-11H,1-2,5H2/p+1. The molecule has 1 aliphatic carbocycles. The second-order valence-electron chi connectivity index (χ2n) is 11.9. The van der Waals surface area contributed by atoms with E-state index in [1.807, 2.05) is 19.9 Å². The quantitative estimate of drug-likeness (QED) is 0.0846. The number of fused-ring (bicyclic) bond motifs is 4. The highest BCUT2D eigenvalue weighted by Gasteiger charge is 2.15. The van der Waals surface area contributed by atoms with Crippen LogP contribution in [-0.2, 0) is 12.8 Å². The van der Waals surface area contributed by atoms with Crippen LogP contribution in [0.5, 0.6) is 11.5 Å². The first-order chi connectivity index (χ1) is 23.4. The first-order valence-electron chi connectivity index (χ1n) is 17.0. The third-order valence-electron chi connectivity index (χ3n) is 8.87. The van der Waals surface area contributed by atoms with Crippen LogP contribution in [0.2, 0.25) is 0 Å². The predicted octanol–water partition coefficient (Wildman–Crippen LogP) is 7.49. The second kappa shape index (κ2) is 16.1. The lowest BCUT2D eigenvalue weighted by molar-refractivity contribution is 0.475. The van der Waals surface area contributed by atoms with Crippen molar-refractivity contribution in [1.82, 2.24) is 9.56 Å². The van der Waals surface area contributed by atoms with E-state index in [2.05, 4.69) is 69.5 Å². The van der Waals surface area contributed by atoms with Gasteiger partial charge in [0.15, 0.2) is 11.3 Å². The molecule has 0 bridgehead atoms. The summed E-state index contributed by atoms with van der Waals surface area (Å²) < 4.78 is 8.48. The van der Waals surface area contributed by atoms with Crippen LogP contribution in [0.3, 0.4) is 0 Å². The maximum absolute atomic E-state index is 10.2. The molecule has 7 rings (SSSR count). The van der Waals surface area contributed by atoms with Crippen molar-refractivity contribution in [2.75, 3.05) is 54.8 Å². The largest absolute Gasteiger partial charge is 0.508 e. The van der Waals surface area contributed by atoms with Crippen LogP contribution < -0.4 is 25.5 Å². The molecule has 48 heavy (non-hydrogen) atoms. The lowest BCUT2D eigenvalue weighted by Crippen LogP contribution is -2.29. The van der Waals surface area contributed by atoms with E-state index in [0.29, 0.717) is 5.75 Å². The summed E-state index contributed by atoms with van der Waals surface area (Å²) in [5.74, 6) is 1.13. The van der Waals surface area contributed by atoms with Crippen LogP contribution >= 0.6 is 0 Å². The van der Waals surface area contributed by atoms with Crippen molar-refractivity contribution < 1.29 is 14.6 Å². The average Bonchev–Trinajstić information content (AvgIpc) is 3.11. The van der Waals surface area contributed by atoms with Gasteiger partial charge in [-0.25, -0.2) is 9.56 Å². The highest BCUT2D eigenvalue weighted by Crippen LogP contribution is 2.32. The van der Waals surface area contributed by atoms with Crippen LogP contribution in [0.25, 0.3) is 22.6 Å². The molecule has 0 spiro atoms. The monoisotopic (exact) mass is 651 g/mol. The van der Waals surface area contributed by atoms with Crippen LogP contribution in [0.1, 0.15) is 51.7 Å². The van der Waals surface area contributed by atoms with Gasteiger partial charge in [0, 0.05) is 67.5 Å². The third-order valence-corrected chi connectivity index (χ3v) is 8.87. The molecule has 0 unspecified atom stereocenters. The Balaban J connectivity index is 0.000000154. The van der Waals surface area contributed by atoms with Crippen LogP contribution in [0.4, 0.5) is 22.7 Å². The van der Waals surface area contributed by atoms with Gasteiger partial charge in [0.1, 0.15) is 41.5 Å². The summed E-state index contributed by atoms with van der Waals surface area (Å²) in [4.78, 5) is 17.1. The Labute approximate surface area is 282 Å². The van der Waals surface area contributed by atoms with Gasteiger partial charge in [0.25, 0.3) is 0 Å². The first-order valence-corrected chi connectivity index (χ1v) is 17.0. The molecule has 10 heteroatoms. The van der Waals surface area contributed by atoms with E-state index in [1.165, 1.54) is 41.1 Å². The highest BCUT2D eigenvalue weighted by atomic mass is 16.3. The van der Waals surface area contributed by atoms with Crippen molar-refractivity contribution in [2.24, 2.45) is 5.18 Å². The number of aryl methyl sites for hydroxylation is 2. The Kier molecular flexibility index (Phi) is 11.5. The minimum atomic E-state index is -0.0654. The van der Waals surface area contributed by atoms with Gasteiger partial charge in [-0.05, 0) is 100 Å². The number of anilines is 3. The Hall–Kier alpha value is -5.12. The number of hydrogen-bond acceptors (Lipinski definition) is 9. The molecule has 3 aliphatic heterocycles. The number of benzene rings is 4. The molecule has 4 aliphatic rings. The van der Waals surface area contributed by atoms with E-state index in [1.54, 1.807) is 24.3 Å². The summed E-state index contributed by atoms with van der Waals surface area (Å²) in [6.07, 6.45) is 4.61. The molecule has 0 saturated carbocycles. The van der Waals surface area contributed by atoms with E-state index in [0.717, 1.165) is 86.0 Å². The molecule has 0 aromatic heterocycles. The molecule has 3 heterocycles. The SMILES string of the molecule is CCN(CC)c1ccc(N=O)c(O)c1.CC[N+](CC)=c1ccc2nc3cc4c(cc3oc-2c1)NCCC4.Oc1ccc2c(c1)NCCC2. The normalized spacial score (nSPS) is 13.0. The van der Waals surface area contributed by atoms with Crippen molar-refractivity contribution in [3.05, 3.63) is 88.1 Å². The molecule has 0 radical (unpaired) electrons. The number of nitrogens with one attached hydrogen (secondary N) is 2. The van der Waals surface area contributed by atoms with Crippen molar-refractivity contribution in [1.29, 1.82) is 0 Å². The molecule has 0 fully saturated rings. The van der Waals surface area contributed by atoms with Gasteiger partial charge < -0.3 is 30.2 Å². The van der Waals surface area contributed by atoms with Gasteiger partial charge in [-0.15, -0.1) is 4.91 Å². The Morgan fingerprint density at radius 3 is 2.21 bits per heavy atom. The summed E-state index contributed by atoms with van der Waals surface area (Å²) in [5, 5.41) is 29.1. The minimum absolute atomic E-state index is 0.0654. The maximum atomic E-state index is 10.2. The van der Waals surface area contributed by atoms with Gasteiger partial charge in [-0.1, -0.05) is 6.07 Å². The Morgan fingerprint density at radius 2 is 1.54 bits per heavy atom. The number of aromatic nitrogens is 1. The molecule has 3 aromatic carbocycles. The number of phenolic OH excluding ortho intramolecular Hbond substituents is 2. The first kappa shape index (κ1) is 34.2. The zero-order valence-electron chi connectivity index (χ0n) is 28.4. The Bertz CT molecular complexity index is 1890. The fraction of sp³-hybridized carbons (Fsp3) is 0.368. The number of nitroso groups, excluding NO2 is 1. The molecule has 3 aromatic rings. The predicted molar refractivity (Wildman–Crippen MR) is 196 cm³/mol. The summed E-state index contributed by atoms with van der Waals surface area (Å²) >= 11 is 0.